The smallest absolute Gasteiger partial charge is 0.336 e. The molecule has 0 aromatic heterocycles. The molecule has 13 heavy (non-hydrogen) atoms. The first kappa shape index (κ1) is 9.92. The molecule has 0 fully saturated rings. The molecule has 0 heterocycles. The lowest BCUT2D eigenvalue weighted by Gasteiger charge is -2.05. The molecule has 2 nitrogen and oxygen atoms in total. The molecule has 0 spiro atoms. The zero-order valence-electron chi connectivity index (χ0n) is 6.30. The Balaban J connectivity index is 3.34. The van der Waals surface area contributed by atoms with E-state index in [-0.39, 0.29) is 5.02 Å². The summed E-state index contributed by atoms with van der Waals surface area (Å²) in [4.78, 5) is 10.5. The van der Waals surface area contributed by atoms with E-state index in [0.717, 1.165) is 6.07 Å². The summed E-state index contributed by atoms with van der Waals surface area (Å²) in [6.07, 6.45) is -2.88. The second-order valence-corrected chi connectivity index (χ2v) is 2.71. The van der Waals surface area contributed by atoms with Crippen LogP contribution >= 0.6 is 11.6 Å². The minimum Gasteiger partial charge on any atom is -0.478 e. The first-order chi connectivity index (χ1) is 6.04. The standard InChI is InChI=1S/C8H5ClF2O2/c9-5-3-1-2-4(8(12)13)6(5)7(10)11/h1-3,7H,(H,12,13). The van der Waals surface area contributed by atoms with Crippen molar-refractivity contribution in [1.29, 1.82) is 0 Å². The van der Waals surface area contributed by atoms with Crippen LogP contribution in [0.15, 0.2) is 18.2 Å². The average molecular weight is 207 g/mol. The second kappa shape index (κ2) is 3.70. The molecule has 1 aromatic rings. The van der Waals surface area contributed by atoms with Gasteiger partial charge in [0.05, 0.1) is 16.1 Å². The van der Waals surface area contributed by atoms with Gasteiger partial charge in [0.15, 0.2) is 0 Å². The van der Waals surface area contributed by atoms with E-state index in [1.807, 2.05) is 0 Å². The van der Waals surface area contributed by atoms with Gasteiger partial charge >= 0.3 is 5.97 Å². The van der Waals surface area contributed by atoms with Crippen molar-refractivity contribution in [3.8, 4) is 0 Å². The Labute approximate surface area is 77.8 Å². The Bertz CT molecular complexity index is 339. The fourth-order valence-corrected chi connectivity index (χ4v) is 1.20. The SMILES string of the molecule is O=C(O)c1cccc(Cl)c1C(F)F. The third-order valence-corrected chi connectivity index (χ3v) is 1.83. The van der Waals surface area contributed by atoms with Crippen molar-refractivity contribution in [2.45, 2.75) is 6.43 Å². The molecule has 0 aliphatic carbocycles. The summed E-state index contributed by atoms with van der Waals surface area (Å²) in [6.45, 7) is 0. The van der Waals surface area contributed by atoms with Crippen LogP contribution in [0.1, 0.15) is 22.3 Å². The molecule has 1 aromatic carbocycles. The quantitative estimate of drug-likeness (QED) is 0.808. The lowest BCUT2D eigenvalue weighted by molar-refractivity contribution is 0.0684. The molecular formula is C8H5ClF2O2. The number of rotatable bonds is 2. The second-order valence-electron chi connectivity index (χ2n) is 2.31. The summed E-state index contributed by atoms with van der Waals surface area (Å²) in [5, 5.41) is 8.32. The molecular weight excluding hydrogens is 202 g/mol. The van der Waals surface area contributed by atoms with E-state index < -0.39 is 23.5 Å². The summed E-state index contributed by atoms with van der Waals surface area (Å²) in [5.41, 5.74) is -1.08. The molecule has 0 amide bonds. The number of aromatic carboxylic acids is 1. The van der Waals surface area contributed by atoms with Gasteiger partial charge in [-0.3, -0.25) is 0 Å². The van der Waals surface area contributed by atoms with Crippen LogP contribution in [0.25, 0.3) is 0 Å². The molecule has 0 saturated heterocycles. The third-order valence-electron chi connectivity index (χ3n) is 1.50. The van der Waals surface area contributed by atoms with Gasteiger partial charge in [-0.1, -0.05) is 17.7 Å². The summed E-state index contributed by atoms with van der Waals surface area (Å²) in [5.74, 6) is -1.40. The first-order valence-electron chi connectivity index (χ1n) is 3.34. The van der Waals surface area contributed by atoms with Crippen molar-refractivity contribution in [3.05, 3.63) is 34.3 Å². The predicted molar refractivity (Wildman–Crippen MR) is 43.4 cm³/mol. The largest absolute Gasteiger partial charge is 0.478 e. The van der Waals surface area contributed by atoms with Crippen molar-refractivity contribution in [2.24, 2.45) is 0 Å². The normalized spacial score (nSPS) is 10.5. The number of halogens is 3. The fourth-order valence-electron chi connectivity index (χ4n) is 0.945. The van der Waals surface area contributed by atoms with Gasteiger partial charge in [-0.05, 0) is 12.1 Å². The Kier molecular flexibility index (Phi) is 2.83. The molecule has 0 radical (unpaired) electrons. The molecule has 70 valence electrons. The maximum atomic E-state index is 12.3. The molecule has 0 aliphatic rings. The van der Waals surface area contributed by atoms with Crippen LogP contribution in [-0.2, 0) is 0 Å². The van der Waals surface area contributed by atoms with Crippen LogP contribution < -0.4 is 0 Å². The first-order valence-corrected chi connectivity index (χ1v) is 3.71. The summed E-state index contributed by atoms with van der Waals surface area (Å²) in [7, 11) is 0. The number of alkyl halides is 2. The Hall–Kier alpha value is -1.16. The zero-order chi connectivity index (χ0) is 10.0. The van der Waals surface area contributed by atoms with Crippen molar-refractivity contribution < 1.29 is 18.7 Å². The van der Waals surface area contributed by atoms with Gasteiger partial charge in [-0.25, -0.2) is 13.6 Å². The molecule has 1 rings (SSSR count). The summed E-state index contributed by atoms with van der Waals surface area (Å²) in [6, 6.07) is 3.64. The Morgan fingerprint density at radius 1 is 1.46 bits per heavy atom. The minimum atomic E-state index is -2.88. The van der Waals surface area contributed by atoms with Gasteiger partial charge in [0.1, 0.15) is 0 Å². The van der Waals surface area contributed by atoms with E-state index in [0.29, 0.717) is 0 Å². The number of hydrogen-bond donors (Lipinski definition) is 1. The topological polar surface area (TPSA) is 37.3 Å². The van der Waals surface area contributed by atoms with Crippen LogP contribution in [0.2, 0.25) is 5.02 Å². The average Bonchev–Trinajstić information content (AvgIpc) is 2.02. The predicted octanol–water partition coefficient (Wildman–Crippen LogP) is 2.98. The molecule has 1 N–H and O–H groups in total. The Morgan fingerprint density at radius 2 is 2.08 bits per heavy atom. The highest BCUT2D eigenvalue weighted by Gasteiger charge is 2.20. The highest BCUT2D eigenvalue weighted by atomic mass is 35.5. The fraction of sp³-hybridized carbons (Fsp3) is 0.125. The van der Waals surface area contributed by atoms with E-state index in [1.165, 1.54) is 12.1 Å². The molecule has 0 bridgehead atoms. The van der Waals surface area contributed by atoms with E-state index in [2.05, 4.69) is 0 Å². The van der Waals surface area contributed by atoms with Crippen molar-refractivity contribution in [1.82, 2.24) is 0 Å². The van der Waals surface area contributed by atoms with E-state index in [4.69, 9.17) is 16.7 Å². The number of benzene rings is 1. The van der Waals surface area contributed by atoms with E-state index in [9.17, 15) is 13.6 Å². The highest BCUT2D eigenvalue weighted by Crippen LogP contribution is 2.29. The van der Waals surface area contributed by atoms with Gasteiger partial charge < -0.3 is 5.11 Å². The summed E-state index contributed by atoms with van der Waals surface area (Å²) >= 11 is 5.43. The molecule has 0 atom stereocenters. The van der Waals surface area contributed by atoms with Gasteiger partial charge in [0, 0.05) is 0 Å². The van der Waals surface area contributed by atoms with Crippen LogP contribution in [0, 0.1) is 0 Å². The highest BCUT2D eigenvalue weighted by molar-refractivity contribution is 6.31. The van der Waals surface area contributed by atoms with Crippen LogP contribution in [0.3, 0.4) is 0 Å². The maximum absolute atomic E-state index is 12.3. The molecule has 5 heteroatoms. The Morgan fingerprint density at radius 3 is 2.46 bits per heavy atom. The molecule has 0 unspecified atom stereocenters. The molecule has 0 aliphatic heterocycles. The number of carbonyl (C=O) groups is 1. The monoisotopic (exact) mass is 206 g/mol. The number of hydrogen-bond acceptors (Lipinski definition) is 1. The van der Waals surface area contributed by atoms with E-state index >= 15 is 0 Å². The lowest BCUT2D eigenvalue weighted by Crippen LogP contribution is -2.03. The van der Waals surface area contributed by atoms with Crippen LogP contribution in [0.4, 0.5) is 8.78 Å². The van der Waals surface area contributed by atoms with E-state index in [1.54, 1.807) is 0 Å². The lowest BCUT2D eigenvalue weighted by atomic mass is 10.1. The van der Waals surface area contributed by atoms with Gasteiger partial charge in [-0.15, -0.1) is 0 Å². The van der Waals surface area contributed by atoms with Gasteiger partial charge in [-0.2, -0.15) is 0 Å². The number of carboxylic acids is 1. The van der Waals surface area contributed by atoms with Crippen molar-refractivity contribution in [3.63, 3.8) is 0 Å². The number of carboxylic acid groups (broad SMARTS) is 1. The van der Waals surface area contributed by atoms with Gasteiger partial charge in [0.25, 0.3) is 6.43 Å². The van der Waals surface area contributed by atoms with Crippen molar-refractivity contribution in [2.75, 3.05) is 0 Å². The van der Waals surface area contributed by atoms with Gasteiger partial charge in [0.2, 0.25) is 0 Å². The van der Waals surface area contributed by atoms with Crippen LogP contribution in [-0.4, -0.2) is 11.1 Å². The zero-order valence-corrected chi connectivity index (χ0v) is 7.05. The summed E-state index contributed by atoms with van der Waals surface area (Å²) < 4.78 is 24.6. The minimum absolute atomic E-state index is 0.227. The third kappa shape index (κ3) is 1.95. The maximum Gasteiger partial charge on any atom is 0.336 e. The molecule has 0 saturated carbocycles. The van der Waals surface area contributed by atoms with Crippen molar-refractivity contribution >= 4 is 17.6 Å². The van der Waals surface area contributed by atoms with Crippen LogP contribution in [0.5, 0.6) is 0 Å².